The third-order valence-corrected chi connectivity index (χ3v) is 9.10. The van der Waals surface area contributed by atoms with Gasteiger partial charge < -0.3 is 28.8 Å². The van der Waals surface area contributed by atoms with Crippen LogP contribution in [-0.4, -0.2) is 45.5 Å². The molecule has 0 atom stereocenters. The van der Waals surface area contributed by atoms with Crippen LogP contribution < -0.4 is 14.2 Å². The summed E-state index contributed by atoms with van der Waals surface area (Å²) in [4.78, 5) is 23.9. The van der Waals surface area contributed by atoms with Gasteiger partial charge in [0, 0.05) is 32.3 Å². The number of thiophene rings is 2. The molecule has 0 aliphatic carbocycles. The van der Waals surface area contributed by atoms with Crippen LogP contribution in [0.15, 0.2) is 54.6 Å². The average Bonchev–Trinajstić information content (AvgIpc) is 3.50. The van der Waals surface area contributed by atoms with Crippen molar-refractivity contribution in [3.8, 4) is 23.0 Å². The second-order valence-electron chi connectivity index (χ2n) is 8.27. The molecular formula is C29H24Cl2O8S2. The Morgan fingerprint density at radius 3 is 1.76 bits per heavy atom. The summed E-state index contributed by atoms with van der Waals surface area (Å²) in [6.45, 7) is 0.411. The number of halogens is 2. The first-order valence-electron chi connectivity index (χ1n) is 11.8. The smallest absolute Gasteiger partial charge is 0.349 e. The molecule has 214 valence electrons. The molecule has 12 heteroatoms. The first-order chi connectivity index (χ1) is 19.7. The van der Waals surface area contributed by atoms with Gasteiger partial charge in [-0.2, -0.15) is 0 Å². The standard InChI is InChI=1S/C18H15ClO4S.C11H9ClO4S/c1-21-13-9-15-12(16(19)17(24-15)18(20)22-2)8-14(13)23-10-11-6-4-3-5-7-11;1-15-7-4-8-5(3-6(7)13)9(12)10(17-8)11(14)16-2/h3-9H,10H2,1-2H3;3-4,13H,1-2H3. The number of hydrogen-bond acceptors (Lipinski definition) is 10. The van der Waals surface area contributed by atoms with Gasteiger partial charge in [0.15, 0.2) is 23.0 Å². The van der Waals surface area contributed by atoms with E-state index in [1.54, 1.807) is 19.2 Å². The van der Waals surface area contributed by atoms with Gasteiger partial charge in [-0.15, -0.1) is 22.7 Å². The van der Waals surface area contributed by atoms with E-state index in [-0.39, 0.29) is 10.8 Å². The predicted octanol–water partition coefficient (Wildman–Crippen LogP) is 7.98. The normalized spacial score (nSPS) is 10.6. The maximum atomic E-state index is 11.8. The van der Waals surface area contributed by atoms with Crippen molar-refractivity contribution in [3.05, 3.63) is 80.0 Å². The molecule has 0 spiro atoms. The fraction of sp³-hybridized carbons (Fsp3) is 0.172. The quantitative estimate of drug-likeness (QED) is 0.180. The molecule has 0 aliphatic heterocycles. The molecule has 3 aromatic carbocycles. The number of carbonyl (C=O) groups is 2. The Bertz CT molecular complexity index is 1710. The summed E-state index contributed by atoms with van der Waals surface area (Å²) in [5.74, 6) is 0.544. The second kappa shape index (κ2) is 13.3. The highest BCUT2D eigenvalue weighted by Gasteiger charge is 2.21. The number of phenols is 1. The van der Waals surface area contributed by atoms with Gasteiger partial charge in [-0.1, -0.05) is 53.5 Å². The Balaban J connectivity index is 0.000000201. The molecule has 5 rings (SSSR count). The van der Waals surface area contributed by atoms with E-state index in [0.29, 0.717) is 44.0 Å². The minimum absolute atomic E-state index is 0.0175. The van der Waals surface area contributed by atoms with E-state index >= 15 is 0 Å². The molecule has 5 aromatic rings. The third-order valence-electron chi connectivity index (χ3n) is 5.82. The van der Waals surface area contributed by atoms with Crippen molar-refractivity contribution in [2.24, 2.45) is 0 Å². The lowest BCUT2D eigenvalue weighted by Crippen LogP contribution is -1.98. The summed E-state index contributed by atoms with van der Waals surface area (Å²) < 4.78 is 27.2. The Labute approximate surface area is 253 Å². The SMILES string of the molecule is COC(=O)c1sc2cc(OC)c(O)cc2c1Cl.COC(=O)c1sc2cc(OC)c(OCc3ccccc3)cc2c1Cl. The molecule has 0 saturated carbocycles. The lowest BCUT2D eigenvalue weighted by molar-refractivity contribution is 0.0597. The van der Waals surface area contributed by atoms with Gasteiger partial charge in [-0.3, -0.25) is 0 Å². The van der Waals surface area contributed by atoms with Crippen molar-refractivity contribution >= 4 is 78.0 Å². The van der Waals surface area contributed by atoms with E-state index in [0.717, 1.165) is 20.3 Å². The van der Waals surface area contributed by atoms with Gasteiger partial charge in [-0.25, -0.2) is 9.59 Å². The number of phenolic OH excluding ortho intramolecular Hbond substituents is 1. The third kappa shape index (κ3) is 6.46. The molecular weight excluding hydrogens is 611 g/mol. The number of ether oxygens (including phenoxy) is 5. The van der Waals surface area contributed by atoms with Crippen LogP contribution in [0.3, 0.4) is 0 Å². The first-order valence-corrected chi connectivity index (χ1v) is 14.2. The van der Waals surface area contributed by atoms with Crippen molar-refractivity contribution in [3.63, 3.8) is 0 Å². The van der Waals surface area contributed by atoms with Gasteiger partial charge in [0.25, 0.3) is 0 Å². The second-order valence-corrected chi connectivity index (χ2v) is 11.1. The Morgan fingerprint density at radius 1 is 0.732 bits per heavy atom. The Kier molecular flexibility index (Phi) is 9.82. The fourth-order valence-electron chi connectivity index (χ4n) is 3.78. The molecule has 41 heavy (non-hydrogen) atoms. The molecule has 0 aliphatic rings. The molecule has 1 N–H and O–H groups in total. The molecule has 0 radical (unpaired) electrons. The van der Waals surface area contributed by atoms with E-state index in [4.69, 9.17) is 42.1 Å². The zero-order valence-corrected chi connectivity index (χ0v) is 25.4. The van der Waals surface area contributed by atoms with Crippen LogP contribution in [0, 0.1) is 0 Å². The maximum Gasteiger partial charge on any atom is 0.349 e. The highest BCUT2D eigenvalue weighted by molar-refractivity contribution is 7.22. The first kappa shape index (κ1) is 30.3. The minimum atomic E-state index is -0.491. The lowest BCUT2D eigenvalue weighted by atomic mass is 10.2. The van der Waals surface area contributed by atoms with E-state index in [2.05, 4.69) is 4.74 Å². The average molecular weight is 636 g/mol. The van der Waals surface area contributed by atoms with Crippen molar-refractivity contribution in [2.45, 2.75) is 6.61 Å². The molecule has 2 aromatic heterocycles. The highest BCUT2D eigenvalue weighted by Crippen LogP contribution is 2.43. The van der Waals surface area contributed by atoms with Gasteiger partial charge >= 0.3 is 11.9 Å². The van der Waals surface area contributed by atoms with Crippen LogP contribution in [-0.2, 0) is 16.1 Å². The number of methoxy groups -OCH3 is 4. The largest absolute Gasteiger partial charge is 0.504 e. The van der Waals surface area contributed by atoms with Gasteiger partial charge in [0.05, 0.1) is 38.5 Å². The maximum absolute atomic E-state index is 11.8. The molecule has 8 nitrogen and oxygen atoms in total. The van der Waals surface area contributed by atoms with E-state index in [1.165, 1.54) is 50.1 Å². The monoisotopic (exact) mass is 634 g/mol. The summed E-state index contributed by atoms with van der Waals surface area (Å²) in [5.41, 5.74) is 1.05. The Hall–Kier alpha value is -3.70. The molecule has 0 amide bonds. The van der Waals surface area contributed by atoms with E-state index < -0.39 is 11.9 Å². The highest BCUT2D eigenvalue weighted by atomic mass is 35.5. The van der Waals surface area contributed by atoms with Gasteiger partial charge in [0.1, 0.15) is 16.4 Å². The summed E-state index contributed by atoms with van der Waals surface area (Å²) in [6.07, 6.45) is 0. The van der Waals surface area contributed by atoms with Crippen molar-refractivity contribution in [1.29, 1.82) is 0 Å². The summed E-state index contributed by atoms with van der Waals surface area (Å²) in [5, 5.41) is 11.6. The zero-order valence-electron chi connectivity index (χ0n) is 22.3. The van der Waals surface area contributed by atoms with Crippen LogP contribution in [0.2, 0.25) is 10.0 Å². The number of rotatable bonds is 7. The number of benzene rings is 3. The van der Waals surface area contributed by atoms with Crippen LogP contribution >= 0.6 is 45.9 Å². The van der Waals surface area contributed by atoms with Crippen LogP contribution in [0.25, 0.3) is 20.2 Å². The molecule has 0 bridgehead atoms. The van der Waals surface area contributed by atoms with E-state index in [1.807, 2.05) is 36.4 Å². The van der Waals surface area contributed by atoms with E-state index in [9.17, 15) is 14.7 Å². The van der Waals surface area contributed by atoms with Crippen LogP contribution in [0.4, 0.5) is 0 Å². The Morgan fingerprint density at radius 2 is 1.24 bits per heavy atom. The lowest BCUT2D eigenvalue weighted by Gasteiger charge is -2.11. The topological polar surface area (TPSA) is 101 Å². The molecule has 0 fully saturated rings. The van der Waals surface area contributed by atoms with Gasteiger partial charge in [0.2, 0.25) is 0 Å². The number of aromatic hydroxyl groups is 1. The molecule has 0 unspecified atom stereocenters. The molecule has 2 heterocycles. The van der Waals surface area contributed by atoms with Crippen molar-refractivity contribution in [1.82, 2.24) is 0 Å². The van der Waals surface area contributed by atoms with Crippen molar-refractivity contribution in [2.75, 3.05) is 28.4 Å². The number of hydrogen-bond donors (Lipinski definition) is 1. The molecule has 0 saturated heterocycles. The van der Waals surface area contributed by atoms with Crippen LogP contribution in [0.1, 0.15) is 24.9 Å². The number of fused-ring (bicyclic) bond motifs is 2. The van der Waals surface area contributed by atoms with Gasteiger partial charge in [-0.05, 0) is 17.7 Å². The summed E-state index contributed by atoms with van der Waals surface area (Å²) in [7, 11) is 5.66. The summed E-state index contributed by atoms with van der Waals surface area (Å²) >= 11 is 14.8. The minimum Gasteiger partial charge on any atom is -0.504 e. The predicted molar refractivity (Wildman–Crippen MR) is 162 cm³/mol. The fourth-order valence-corrected chi connectivity index (χ4v) is 6.63. The number of carbonyl (C=O) groups excluding carboxylic acids is 2. The van der Waals surface area contributed by atoms with Crippen molar-refractivity contribution < 1.29 is 38.4 Å². The van der Waals surface area contributed by atoms with Crippen LogP contribution in [0.5, 0.6) is 23.0 Å². The summed E-state index contributed by atoms with van der Waals surface area (Å²) in [6, 6.07) is 16.6. The zero-order chi connectivity index (χ0) is 29.7. The number of esters is 2.